The van der Waals surface area contributed by atoms with Crippen molar-refractivity contribution < 1.29 is 0 Å². The molecular weight excluding hydrogens is 313 g/mol. The summed E-state index contributed by atoms with van der Waals surface area (Å²) in [6.45, 7) is 1.78. The first-order valence-electron chi connectivity index (χ1n) is 4.90. The van der Waals surface area contributed by atoms with Crippen LogP contribution in [0.2, 0.25) is 15.3 Å². The van der Waals surface area contributed by atoms with Gasteiger partial charge in [0.1, 0.15) is 5.03 Å². The van der Waals surface area contributed by atoms with Crippen LogP contribution in [0.1, 0.15) is 5.69 Å². The van der Waals surface area contributed by atoms with E-state index in [9.17, 15) is 0 Å². The first kappa shape index (κ1) is 13.7. The lowest BCUT2D eigenvalue weighted by Gasteiger charge is -2.07. The molecule has 0 aliphatic rings. The average molecular weight is 321 g/mol. The monoisotopic (exact) mass is 319 g/mol. The second-order valence-electron chi connectivity index (χ2n) is 3.47. The van der Waals surface area contributed by atoms with E-state index in [0.29, 0.717) is 26.5 Å². The van der Waals surface area contributed by atoms with Gasteiger partial charge in [0.05, 0.1) is 21.4 Å². The lowest BCUT2D eigenvalue weighted by molar-refractivity contribution is 1.02. The Hall–Kier alpha value is -0.680. The van der Waals surface area contributed by atoms with Crippen LogP contribution >= 0.6 is 46.6 Å². The van der Waals surface area contributed by atoms with Gasteiger partial charge in [-0.3, -0.25) is 0 Å². The first-order chi connectivity index (χ1) is 8.47. The minimum atomic E-state index is 0.171. The summed E-state index contributed by atoms with van der Waals surface area (Å²) in [6, 6.07) is 5.31. The molecule has 0 aliphatic carbocycles. The predicted octanol–water partition coefficient (Wildman–Crippen LogP) is 4.48. The highest BCUT2D eigenvalue weighted by Crippen LogP contribution is 2.35. The van der Waals surface area contributed by atoms with Gasteiger partial charge in [-0.1, -0.05) is 35.0 Å². The molecule has 0 atom stereocenters. The molecule has 0 aliphatic heterocycles. The van der Waals surface area contributed by atoms with Crippen molar-refractivity contribution in [1.82, 2.24) is 9.97 Å². The summed E-state index contributed by atoms with van der Waals surface area (Å²) in [7, 11) is 0. The van der Waals surface area contributed by atoms with Gasteiger partial charge in [-0.05, 0) is 36.7 Å². The highest BCUT2D eigenvalue weighted by molar-refractivity contribution is 7.99. The number of hydrogen-bond donors (Lipinski definition) is 1. The van der Waals surface area contributed by atoms with E-state index < -0.39 is 0 Å². The molecule has 0 amide bonds. The maximum Gasteiger partial charge on any atom is 0.223 e. The van der Waals surface area contributed by atoms with Gasteiger partial charge in [-0.2, -0.15) is 0 Å². The quantitative estimate of drug-likeness (QED) is 0.655. The van der Waals surface area contributed by atoms with Crippen molar-refractivity contribution in [3.63, 3.8) is 0 Å². The van der Waals surface area contributed by atoms with Crippen LogP contribution in [0.15, 0.2) is 28.1 Å². The Morgan fingerprint density at radius 1 is 1.11 bits per heavy atom. The van der Waals surface area contributed by atoms with E-state index in [-0.39, 0.29) is 5.28 Å². The van der Waals surface area contributed by atoms with Crippen molar-refractivity contribution >= 4 is 52.3 Å². The lowest BCUT2D eigenvalue weighted by Crippen LogP contribution is -1.99. The zero-order chi connectivity index (χ0) is 13.3. The Morgan fingerprint density at radius 3 is 2.50 bits per heavy atom. The van der Waals surface area contributed by atoms with Gasteiger partial charge in [0, 0.05) is 4.90 Å². The van der Waals surface area contributed by atoms with Gasteiger partial charge in [0.2, 0.25) is 5.28 Å². The number of rotatable bonds is 2. The summed E-state index contributed by atoms with van der Waals surface area (Å²) >= 11 is 19.0. The molecule has 3 nitrogen and oxygen atoms in total. The van der Waals surface area contributed by atoms with Crippen molar-refractivity contribution in [2.45, 2.75) is 16.8 Å². The highest BCUT2D eigenvalue weighted by Gasteiger charge is 2.10. The highest BCUT2D eigenvalue weighted by atomic mass is 35.5. The molecule has 94 valence electrons. The van der Waals surface area contributed by atoms with E-state index in [1.54, 1.807) is 19.1 Å². The Bertz CT molecular complexity index is 604. The van der Waals surface area contributed by atoms with Crippen LogP contribution in [0, 0.1) is 6.92 Å². The third kappa shape index (κ3) is 3.01. The summed E-state index contributed by atoms with van der Waals surface area (Å²) in [5, 5.41) is 1.76. The van der Waals surface area contributed by atoms with Crippen LogP contribution < -0.4 is 5.73 Å². The number of nitrogens with two attached hydrogens (primary N) is 1. The molecule has 0 bridgehead atoms. The van der Waals surface area contributed by atoms with Gasteiger partial charge in [-0.25, -0.2) is 9.97 Å². The summed E-state index contributed by atoms with van der Waals surface area (Å²) in [5.74, 6) is 0. The Morgan fingerprint density at radius 2 is 1.83 bits per heavy atom. The molecular formula is C11H8Cl3N3S. The summed E-state index contributed by atoms with van der Waals surface area (Å²) < 4.78 is 0. The molecule has 18 heavy (non-hydrogen) atoms. The topological polar surface area (TPSA) is 51.8 Å². The van der Waals surface area contributed by atoms with Crippen LogP contribution in [0.25, 0.3) is 0 Å². The number of aryl methyl sites for hydroxylation is 1. The predicted molar refractivity (Wildman–Crippen MR) is 76.8 cm³/mol. The summed E-state index contributed by atoms with van der Waals surface area (Å²) in [6.07, 6.45) is 0. The zero-order valence-corrected chi connectivity index (χ0v) is 12.3. The Labute approximate surface area is 124 Å². The SMILES string of the molecule is Cc1nc(Cl)nc(Sc2ccc(Cl)c(Cl)c2)c1N. The molecule has 1 aromatic carbocycles. The van der Waals surface area contributed by atoms with Crippen LogP contribution in [-0.4, -0.2) is 9.97 Å². The number of nitrogens with zero attached hydrogens (tertiary/aromatic N) is 2. The molecule has 0 saturated heterocycles. The Balaban J connectivity index is 2.36. The van der Waals surface area contributed by atoms with Gasteiger partial charge >= 0.3 is 0 Å². The zero-order valence-electron chi connectivity index (χ0n) is 9.25. The Kier molecular flexibility index (Phi) is 4.22. The fourth-order valence-corrected chi connectivity index (χ4v) is 2.80. The lowest BCUT2D eigenvalue weighted by atomic mass is 10.4. The fourth-order valence-electron chi connectivity index (χ4n) is 1.25. The fraction of sp³-hybridized carbons (Fsp3) is 0.0909. The molecule has 0 saturated carbocycles. The number of aromatic nitrogens is 2. The molecule has 0 fully saturated rings. The van der Waals surface area contributed by atoms with Gasteiger partial charge < -0.3 is 5.73 Å². The van der Waals surface area contributed by atoms with Crippen molar-refractivity contribution in [3.05, 3.63) is 39.2 Å². The molecule has 7 heteroatoms. The van der Waals surface area contributed by atoms with Crippen LogP contribution in [-0.2, 0) is 0 Å². The van der Waals surface area contributed by atoms with E-state index in [2.05, 4.69) is 9.97 Å². The first-order valence-corrected chi connectivity index (χ1v) is 6.85. The molecule has 0 spiro atoms. The van der Waals surface area contributed by atoms with Gasteiger partial charge in [0.15, 0.2) is 0 Å². The second kappa shape index (κ2) is 5.53. The van der Waals surface area contributed by atoms with E-state index in [4.69, 9.17) is 40.5 Å². The summed E-state index contributed by atoms with van der Waals surface area (Å²) in [4.78, 5) is 8.95. The van der Waals surface area contributed by atoms with Crippen molar-refractivity contribution in [2.24, 2.45) is 0 Å². The molecule has 1 aromatic heterocycles. The molecule has 2 N–H and O–H groups in total. The van der Waals surface area contributed by atoms with E-state index in [1.165, 1.54) is 11.8 Å². The van der Waals surface area contributed by atoms with Gasteiger partial charge in [-0.15, -0.1) is 0 Å². The van der Waals surface area contributed by atoms with E-state index >= 15 is 0 Å². The van der Waals surface area contributed by atoms with Crippen LogP contribution in [0.3, 0.4) is 0 Å². The normalized spacial score (nSPS) is 10.7. The number of anilines is 1. The minimum absolute atomic E-state index is 0.171. The summed E-state index contributed by atoms with van der Waals surface area (Å²) in [5.41, 5.74) is 7.06. The second-order valence-corrected chi connectivity index (χ2v) is 5.69. The van der Waals surface area contributed by atoms with Crippen LogP contribution in [0.4, 0.5) is 5.69 Å². The molecule has 0 unspecified atom stereocenters. The van der Waals surface area contributed by atoms with Gasteiger partial charge in [0.25, 0.3) is 0 Å². The number of nitrogen functional groups attached to an aromatic ring is 1. The van der Waals surface area contributed by atoms with Crippen molar-refractivity contribution in [3.8, 4) is 0 Å². The van der Waals surface area contributed by atoms with E-state index in [0.717, 1.165) is 4.90 Å². The average Bonchev–Trinajstić information content (AvgIpc) is 2.30. The largest absolute Gasteiger partial charge is 0.395 e. The number of benzene rings is 1. The van der Waals surface area contributed by atoms with Crippen molar-refractivity contribution in [2.75, 3.05) is 5.73 Å². The molecule has 0 radical (unpaired) electrons. The maximum absolute atomic E-state index is 5.95. The maximum atomic E-state index is 5.95. The number of hydrogen-bond acceptors (Lipinski definition) is 4. The third-order valence-corrected chi connectivity index (χ3v) is 4.08. The number of halogens is 3. The molecule has 2 aromatic rings. The van der Waals surface area contributed by atoms with Crippen molar-refractivity contribution in [1.29, 1.82) is 0 Å². The smallest absolute Gasteiger partial charge is 0.223 e. The molecule has 2 rings (SSSR count). The molecule has 1 heterocycles. The standard InChI is InChI=1S/C11H8Cl3N3S/c1-5-9(15)10(17-11(14)16-5)18-6-2-3-7(12)8(13)4-6/h2-4H,15H2,1H3. The van der Waals surface area contributed by atoms with Crippen LogP contribution in [0.5, 0.6) is 0 Å². The minimum Gasteiger partial charge on any atom is -0.395 e. The third-order valence-electron chi connectivity index (χ3n) is 2.18. The van der Waals surface area contributed by atoms with E-state index in [1.807, 2.05) is 6.07 Å².